The summed E-state index contributed by atoms with van der Waals surface area (Å²) in [6.45, 7) is 7.14. The lowest BCUT2D eigenvalue weighted by Crippen LogP contribution is -2.37. The molecule has 1 N–H and O–H groups in total. The Kier molecular flexibility index (Phi) is 6.42. The first-order chi connectivity index (χ1) is 9.79. The maximum absolute atomic E-state index is 10.8. The number of fused-ring (bicyclic) bond motifs is 1. The molecule has 0 fully saturated rings. The van der Waals surface area contributed by atoms with Gasteiger partial charge in [0.1, 0.15) is 0 Å². The maximum atomic E-state index is 10.8. The fourth-order valence-electron chi connectivity index (χ4n) is 2.82. The summed E-state index contributed by atoms with van der Waals surface area (Å²) in [5, 5.41) is 13.3. The smallest absolute Gasteiger partial charge is 0.0669 e. The predicted molar refractivity (Wildman–Crippen MR) is 98.0 cm³/mol. The lowest BCUT2D eigenvalue weighted by Gasteiger charge is -2.35. The van der Waals surface area contributed by atoms with Crippen LogP contribution in [0.1, 0.15) is 32.3 Å². The van der Waals surface area contributed by atoms with Crippen molar-refractivity contribution in [1.82, 2.24) is 4.90 Å². The van der Waals surface area contributed by atoms with Crippen molar-refractivity contribution in [3.8, 4) is 0 Å². The topological polar surface area (TPSA) is 23.5 Å². The van der Waals surface area contributed by atoms with E-state index in [0.29, 0.717) is 0 Å². The first-order valence-corrected chi connectivity index (χ1v) is 7.60. The van der Waals surface area contributed by atoms with E-state index in [1.165, 1.54) is 16.3 Å². The molecule has 0 unspecified atom stereocenters. The maximum Gasteiger partial charge on any atom is 0.0669 e. The number of aliphatic hydroxyl groups excluding tert-OH is 1. The van der Waals surface area contributed by atoms with E-state index >= 15 is 0 Å². The highest BCUT2D eigenvalue weighted by Crippen LogP contribution is 2.33. The highest BCUT2D eigenvalue weighted by Gasteiger charge is 2.31. The number of rotatable bonds is 4. The highest BCUT2D eigenvalue weighted by atomic mass is 35.5. The third kappa shape index (κ3) is 4.45. The van der Waals surface area contributed by atoms with Gasteiger partial charge < -0.3 is 10.0 Å². The average Bonchev–Trinajstić information content (AvgIpc) is 2.42. The summed E-state index contributed by atoms with van der Waals surface area (Å²) in [7, 11) is 4.12. The van der Waals surface area contributed by atoms with Crippen LogP contribution < -0.4 is 0 Å². The van der Waals surface area contributed by atoms with E-state index in [4.69, 9.17) is 0 Å². The van der Waals surface area contributed by atoms with Crippen molar-refractivity contribution >= 4 is 23.2 Å². The van der Waals surface area contributed by atoms with Crippen molar-refractivity contribution in [2.24, 2.45) is 5.41 Å². The van der Waals surface area contributed by atoms with Crippen LogP contribution in [0.15, 0.2) is 42.5 Å². The van der Waals surface area contributed by atoms with Gasteiger partial charge in [0, 0.05) is 12.5 Å². The number of nitrogens with zero attached hydrogens (tertiary/aromatic N) is 1. The monoisotopic (exact) mass is 321 g/mol. The first kappa shape index (κ1) is 19.0. The van der Waals surface area contributed by atoms with Gasteiger partial charge in [0.25, 0.3) is 0 Å². The van der Waals surface area contributed by atoms with E-state index in [9.17, 15) is 5.11 Å². The van der Waals surface area contributed by atoms with Gasteiger partial charge in [-0.05, 0) is 35.8 Å². The van der Waals surface area contributed by atoms with E-state index in [2.05, 4.69) is 82.2 Å². The molecule has 0 heterocycles. The molecule has 2 nitrogen and oxygen atoms in total. The van der Waals surface area contributed by atoms with Gasteiger partial charge >= 0.3 is 0 Å². The fraction of sp³-hybridized carbons (Fsp3) is 0.474. The molecule has 0 saturated heterocycles. The van der Waals surface area contributed by atoms with Gasteiger partial charge in [-0.25, -0.2) is 0 Å². The molecule has 0 radical (unpaired) electrons. The molecule has 0 aromatic heterocycles. The van der Waals surface area contributed by atoms with Crippen molar-refractivity contribution < 1.29 is 5.11 Å². The molecule has 0 aliphatic carbocycles. The molecule has 0 spiro atoms. The Balaban J connectivity index is 0.00000242. The van der Waals surface area contributed by atoms with Crippen LogP contribution in [0.4, 0.5) is 0 Å². The number of halogens is 1. The van der Waals surface area contributed by atoms with Crippen LogP contribution in [0, 0.1) is 5.41 Å². The molecule has 0 aliphatic rings. The third-order valence-corrected chi connectivity index (χ3v) is 4.03. The zero-order chi connectivity index (χ0) is 15.6. The van der Waals surface area contributed by atoms with E-state index in [1.54, 1.807) is 0 Å². The zero-order valence-electron chi connectivity index (χ0n) is 14.2. The Morgan fingerprint density at radius 1 is 1.00 bits per heavy atom. The van der Waals surface area contributed by atoms with Crippen molar-refractivity contribution in [1.29, 1.82) is 0 Å². The van der Waals surface area contributed by atoms with Crippen molar-refractivity contribution in [3.05, 3.63) is 48.0 Å². The zero-order valence-corrected chi connectivity index (χ0v) is 15.0. The molecule has 2 aromatic carbocycles. The molecular weight excluding hydrogens is 294 g/mol. The highest BCUT2D eigenvalue weighted by molar-refractivity contribution is 5.85. The van der Waals surface area contributed by atoms with Crippen LogP contribution in [-0.2, 0) is 0 Å². The summed E-state index contributed by atoms with van der Waals surface area (Å²) < 4.78 is 0. The van der Waals surface area contributed by atoms with Gasteiger partial charge in [-0.15, -0.1) is 12.4 Å². The summed E-state index contributed by atoms with van der Waals surface area (Å²) in [6, 6.07) is 14.9. The predicted octanol–water partition coefficient (Wildman–Crippen LogP) is 4.31. The van der Waals surface area contributed by atoms with Crippen molar-refractivity contribution in [3.63, 3.8) is 0 Å². The summed E-state index contributed by atoms with van der Waals surface area (Å²) in [5.41, 5.74) is 1.08. The third-order valence-electron chi connectivity index (χ3n) is 4.03. The van der Waals surface area contributed by atoms with Crippen molar-refractivity contribution in [2.75, 3.05) is 20.6 Å². The number of hydrogen-bond donors (Lipinski definition) is 1. The standard InChI is InChI=1S/C19H27NO.ClH/c1-19(2,3)18(21)17(13-20(4)5)16-11-10-14-8-6-7-9-15(14)12-16;/h6-12,17-18,21H,13H2,1-5H3;1H/t17-,18+;/m0./s1. The minimum Gasteiger partial charge on any atom is -0.392 e. The SMILES string of the molecule is CN(C)C[C@@H](c1ccc2ccccc2c1)[C@@H](O)C(C)(C)C.Cl. The second-order valence-electron chi connectivity index (χ2n) is 7.29. The van der Waals surface area contributed by atoms with Gasteiger partial charge in [0.15, 0.2) is 0 Å². The van der Waals surface area contributed by atoms with Crippen molar-refractivity contribution in [2.45, 2.75) is 32.8 Å². The lowest BCUT2D eigenvalue weighted by atomic mass is 9.77. The average molecular weight is 322 g/mol. The molecule has 0 amide bonds. The minimum absolute atomic E-state index is 0. The Bertz CT molecular complexity index is 604. The molecule has 0 saturated carbocycles. The number of aliphatic hydroxyl groups is 1. The molecule has 0 bridgehead atoms. The van der Waals surface area contributed by atoms with E-state index in [0.717, 1.165) is 6.54 Å². The second kappa shape index (κ2) is 7.45. The van der Waals surface area contributed by atoms with Gasteiger partial charge in [0.2, 0.25) is 0 Å². The van der Waals surface area contributed by atoms with Gasteiger partial charge in [0.05, 0.1) is 6.10 Å². The lowest BCUT2D eigenvalue weighted by molar-refractivity contribution is 0.0311. The molecular formula is C19H28ClNO. The summed E-state index contributed by atoms with van der Waals surface area (Å²) >= 11 is 0. The second-order valence-corrected chi connectivity index (χ2v) is 7.29. The quantitative estimate of drug-likeness (QED) is 0.906. The normalized spacial score (nSPS) is 14.7. The fourth-order valence-corrected chi connectivity index (χ4v) is 2.82. The number of likely N-dealkylation sites (N-methyl/N-ethyl adjacent to an activating group) is 1. The molecule has 22 heavy (non-hydrogen) atoms. The minimum atomic E-state index is -0.374. The number of hydrogen-bond acceptors (Lipinski definition) is 2. The van der Waals surface area contributed by atoms with Crippen LogP contribution in [0.2, 0.25) is 0 Å². The first-order valence-electron chi connectivity index (χ1n) is 7.60. The van der Waals surface area contributed by atoms with Crippen LogP contribution >= 0.6 is 12.4 Å². The van der Waals surface area contributed by atoms with Gasteiger partial charge in [-0.1, -0.05) is 63.2 Å². The Morgan fingerprint density at radius 2 is 1.59 bits per heavy atom. The summed E-state index contributed by atoms with van der Waals surface area (Å²) in [5.74, 6) is 0.115. The Morgan fingerprint density at radius 3 is 2.14 bits per heavy atom. The molecule has 122 valence electrons. The van der Waals surface area contributed by atoms with Crippen LogP contribution in [-0.4, -0.2) is 36.8 Å². The summed E-state index contributed by atoms with van der Waals surface area (Å²) in [4.78, 5) is 2.15. The van der Waals surface area contributed by atoms with Crippen LogP contribution in [0.5, 0.6) is 0 Å². The molecule has 3 heteroatoms. The van der Waals surface area contributed by atoms with E-state index < -0.39 is 0 Å². The molecule has 2 atom stereocenters. The molecule has 2 rings (SSSR count). The number of benzene rings is 2. The largest absolute Gasteiger partial charge is 0.392 e. The summed E-state index contributed by atoms with van der Waals surface area (Å²) in [6.07, 6.45) is -0.374. The van der Waals surface area contributed by atoms with Gasteiger partial charge in [-0.3, -0.25) is 0 Å². The van der Waals surface area contributed by atoms with Gasteiger partial charge in [-0.2, -0.15) is 0 Å². The van der Waals surface area contributed by atoms with E-state index in [1.807, 2.05) is 0 Å². The Labute approximate surface area is 140 Å². The van der Waals surface area contributed by atoms with Crippen LogP contribution in [0.25, 0.3) is 10.8 Å². The van der Waals surface area contributed by atoms with Crippen LogP contribution in [0.3, 0.4) is 0 Å². The Hall–Kier alpha value is -1.09. The molecule has 2 aromatic rings. The van der Waals surface area contributed by atoms with E-state index in [-0.39, 0.29) is 29.8 Å². The molecule has 0 aliphatic heterocycles.